The zero-order valence-corrected chi connectivity index (χ0v) is 31.2. The molecule has 0 aliphatic carbocycles. The van der Waals surface area contributed by atoms with Gasteiger partial charge >= 0.3 is 0 Å². The molecule has 54 heavy (non-hydrogen) atoms. The van der Waals surface area contributed by atoms with E-state index in [4.69, 9.17) is 0 Å². The summed E-state index contributed by atoms with van der Waals surface area (Å²) in [5.74, 6) is 0. The smallest absolute Gasteiger partial charge is 0.171 e. The van der Waals surface area contributed by atoms with Crippen molar-refractivity contribution in [3.8, 4) is 22.3 Å². The number of hydrogen-bond acceptors (Lipinski definition) is 2. The lowest BCUT2D eigenvalue weighted by molar-refractivity contribution is 0.590. The number of hydrogen-bond donors (Lipinski definition) is 0. The average Bonchev–Trinajstić information content (AvgIpc) is 3.23. The van der Waals surface area contributed by atoms with Gasteiger partial charge in [-0.15, -0.1) is 0 Å². The van der Waals surface area contributed by atoms with Crippen LogP contribution < -0.4 is 20.8 Å². The maximum absolute atomic E-state index is 16.3. The fourth-order valence-corrected chi connectivity index (χ4v) is 12.4. The van der Waals surface area contributed by atoms with E-state index in [2.05, 4.69) is 183 Å². The molecule has 0 aromatic heterocycles. The Hall–Kier alpha value is -6.21. The molecule has 10 rings (SSSR count). The predicted octanol–water partition coefficient (Wildman–Crippen LogP) is 11.8. The van der Waals surface area contributed by atoms with E-state index in [-0.39, 0.29) is 0 Å². The molecule has 8 aromatic rings. The van der Waals surface area contributed by atoms with E-state index in [0.29, 0.717) is 0 Å². The highest BCUT2D eigenvalue weighted by atomic mass is 31.2. The summed E-state index contributed by atoms with van der Waals surface area (Å²) >= 11 is 0. The Bertz CT molecular complexity index is 2640. The monoisotopic (exact) mass is 711 g/mol. The number of nitrogens with zero attached hydrogens (tertiary/aromatic N) is 1. The zero-order valence-electron chi connectivity index (χ0n) is 30.3. The highest BCUT2D eigenvalue weighted by Crippen LogP contribution is 2.63. The largest absolute Gasteiger partial charge is 0.310 e. The first-order chi connectivity index (χ1) is 26.5. The molecule has 0 radical (unpaired) electrons. The molecule has 0 N–H and O–H groups in total. The fourth-order valence-electron chi connectivity index (χ4n) is 9.22. The van der Waals surface area contributed by atoms with E-state index in [1.54, 1.807) is 0 Å². The van der Waals surface area contributed by atoms with E-state index >= 15 is 4.57 Å². The standard InChI is InChI=1S/C51H38NOP/c1-35-17-9-11-23-41(35)37-29-31-47-45(33-37)51(43-25-13-15-27-49(43)54(53,40-21-7-4-8-22-40)50-28-16-14-26-44(50)51)46-34-38(42-24-12-10-18-36(42)2)30-32-48(46)52(47)39-19-5-3-6-20-39/h3-34H,1-2H3. The van der Waals surface area contributed by atoms with Crippen molar-refractivity contribution >= 4 is 40.1 Å². The van der Waals surface area contributed by atoms with Crippen LogP contribution in [0.15, 0.2) is 194 Å². The van der Waals surface area contributed by atoms with Crippen LogP contribution in [-0.2, 0) is 9.98 Å². The molecule has 0 fully saturated rings. The molecule has 0 bridgehead atoms. The summed E-state index contributed by atoms with van der Waals surface area (Å²) in [5.41, 5.74) is 14.1. The Morgan fingerprint density at radius 3 is 1.35 bits per heavy atom. The molecule has 0 saturated heterocycles. The molecule has 0 atom stereocenters. The first-order valence-electron chi connectivity index (χ1n) is 18.6. The van der Waals surface area contributed by atoms with Gasteiger partial charge in [0.2, 0.25) is 0 Å². The quantitative estimate of drug-likeness (QED) is 0.169. The van der Waals surface area contributed by atoms with Gasteiger partial charge in [0.25, 0.3) is 0 Å². The third kappa shape index (κ3) is 4.57. The molecule has 8 aromatic carbocycles. The molecule has 0 saturated carbocycles. The van der Waals surface area contributed by atoms with E-state index in [1.165, 1.54) is 33.4 Å². The minimum Gasteiger partial charge on any atom is -0.310 e. The third-order valence-corrected chi connectivity index (χ3v) is 14.8. The van der Waals surface area contributed by atoms with E-state index in [0.717, 1.165) is 55.2 Å². The van der Waals surface area contributed by atoms with Crippen LogP contribution in [0.1, 0.15) is 33.4 Å². The van der Waals surface area contributed by atoms with Gasteiger partial charge < -0.3 is 9.46 Å². The van der Waals surface area contributed by atoms with E-state index in [1.807, 2.05) is 30.3 Å². The predicted molar refractivity (Wildman–Crippen MR) is 226 cm³/mol. The Morgan fingerprint density at radius 2 is 0.852 bits per heavy atom. The van der Waals surface area contributed by atoms with Crippen LogP contribution in [0.4, 0.5) is 17.1 Å². The normalized spacial score (nSPS) is 14.4. The Balaban J connectivity index is 1.41. The van der Waals surface area contributed by atoms with Gasteiger partial charge in [0.1, 0.15) is 0 Å². The molecule has 2 aliphatic heterocycles. The molecule has 258 valence electrons. The van der Waals surface area contributed by atoms with Crippen LogP contribution in [0.25, 0.3) is 22.3 Å². The third-order valence-electron chi connectivity index (χ3n) is 11.6. The Kier molecular flexibility index (Phi) is 7.48. The highest BCUT2D eigenvalue weighted by molar-refractivity contribution is 7.85. The Morgan fingerprint density at radius 1 is 0.426 bits per heavy atom. The first kappa shape index (κ1) is 32.4. The van der Waals surface area contributed by atoms with Crippen molar-refractivity contribution in [2.75, 3.05) is 4.90 Å². The van der Waals surface area contributed by atoms with Gasteiger partial charge in [0, 0.05) is 21.6 Å². The molecule has 1 spiro atoms. The van der Waals surface area contributed by atoms with Crippen molar-refractivity contribution in [2.45, 2.75) is 19.3 Å². The highest BCUT2D eigenvalue weighted by Gasteiger charge is 2.55. The molecule has 0 unspecified atom stereocenters. The summed E-state index contributed by atoms with van der Waals surface area (Å²) in [6.07, 6.45) is 0. The summed E-state index contributed by atoms with van der Waals surface area (Å²) < 4.78 is 16.3. The van der Waals surface area contributed by atoms with Gasteiger partial charge in [-0.25, -0.2) is 0 Å². The van der Waals surface area contributed by atoms with E-state index < -0.39 is 12.6 Å². The van der Waals surface area contributed by atoms with Gasteiger partial charge in [-0.2, -0.15) is 0 Å². The van der Waals surface area contributed by atoms with Crippen LogP contribution >= 0.6 is 7.14 Å². The van der Waals surface area contributed by atoms with Crippen molar-refractivity contribution in [2.24, 2.45) is 0 Å². The number of para-hydroxylation sites is 1. The second-order valence-corrected chi connectivity index (χ2v) is 17.2. The molecular weight excluding hydrogens is 674 g/mol. The average molecular weight is 712 g/mol. The van der Waals surface area contributed by atoms with Crippen LogP contribution in [0.2, 0.25) is 0 Å². The molecule has 3 heteroatoms. The van der Waals surface area contributed by atoms with Crippen molar-refractivity contribution in [1.29, 1.82) is 0 Å². The number of rotatable bonds is 4. The van der Waals surface area contributed by atoms with E-state index in [9.17, 15) is 0 Å². The van der Waals surface area contributed by atoms with Gasteiger partial charge in [0.05, 0.1) is 16.8 Å². The maximum atomic E-state index is 16.3. The second kappa shape index (κ2) is 12.4. The van der Waals surface area contributed by atoms with Crippen LogP contribution in [0, 0.1) is 13.8 Å². The molecular formula is C51H38NOP. The van der Waals surface area contributed by atoms with Crippen molar-refractivity contribution in [1.82, 2.24) is 0 Å². The summed E-state index contributed by atoms with van der Waals surface area (Å²) in [6.45, 7) is 4.37. The lowest BCUT2D eigenvalue weighted by Crippen LogP contribution is -2.49. The zero-order chi connectivity index (χ0) is 36.4. The van der Waals surface area contributed by atoms with Crippen molar-refractivity contribution in [3.05, 3.63) is 228 Å². The molecule has 2 nitrogen and oxygen atoms in total. The number of fused-ring (bicyclic) bond motifs is 8. The number of aryl methyl sites for hydroxylation is 2. The SMILES string of the molecule is Cc1ccccc1-c1ccc2c(c1)C1(c3cc(-c4ccccc4C)ccc3N2c2ccccc2)c2ccccc2P(=O)(c2ccccc2)c2ccccc21. The maximum Gasteiger partial charge on any atom is 0.171 e. The summed E-state index contributed by atoms with van der Waals surface area (Å²) in [7, 11) is -3.30. The number of anilines is 3. The first-order valence-corrected chi connectivity index (χ1v) is 20.3. The van der Waals surface area contributed by atoms with Gasteiger partial charge in [-0.3, -0.25) is 0 Å². The van der Waals surface area contributed by atoms with Gasteiger partial charge in [-0.1, -0.05) is 158 Å². The minimum atomic E-state index is -3.30. The summed E-state index contributed by atoms with van der Waals surface area (Å²) in [5, 5.41) is 2.63. The Labute approximate surface area is 317 Å². The molecule has 2 heterocycles. The molecule has 2 aliphatic rings. The number of benzene rings is 8. The lowest BCUT2D eigenvalue weighted by Gasteiger charge is -2.50. The van der Waals surface area contributed by atoms with Crippen molar-refractivity contribution in [3.63, 3.8) is 0 Å². The van der Waals surface area contributed by atoms with Crippen LogP contribution in [0.3, 0.4) is 0 Å². The van der Waals surface area contributed by atoms with Crippen LogP contribution in [0.5, 0.6) is 0 Å². The van der Waals surface area contributed by atoms with Crippen LogP contribution in [-0.4, -0.2) is 0 Å². The lowest BCUT2D eigenvalue weighted by atomic mass is 9.61. The fraction of sp³-hybridized carbons (Fsp3) is 0.0588. The van der Waals surface area contributed by atoms with Gasteiger partial charge in [-0.05, 0) is 106 Å². The second-order valence-electron chi connectivity index (χ2n) is 14.5. The summed E-state index contributed by atoms with van der Waals surface area (Å²) in [6, 6.07) is 69.2. The van der Waals surface area contributed by atoms with Crippen molar-refractivity contribution < 1.29 is 4.57 Å². The van der Waals surface area contributed by atoms with Gasteiger partial charge in [0.15, 0.2) is 7.14 Å². The molecule has 0 amide bonds. The minimum absolute atomic E-state index is 0.802. The summed E-state index contributed by atoms with van der Waals surface area (Å²) in [4.78, 5) is 2.43. The topological polar surface area (TPSA) is 20.3 Å².